The zero-order valence-electron chi connectivity index (χ0n) is 8.50. The third-order valence-corrected chi connectivity index (χ3v) is 2.86. The average Bonchev–Trinajstić information content (AvgIpc) is 3.06. The summed E-state index contributed by atoms with van der Waals surface area (Å²) in [6.07, 6.45) is 2.12. The maximum absolute atomic E-state index is 13.5. The smallest absolute Gasteiger partial charge is 0.210 e. The number of aliphatic imine (C=N–C) groups is 1. The van der Waals surface area contributed by atoms with E-state index in [0.29, 0.717) is 22.2 Å². The van der Waals surface area contributed by atoms with Gasteiger partial charge in [-0.1, -0.05) is 6.07 Å². The number of rotatable bonds is 2. The van der Waals surface area contributed by atoms with E-state index < -0.39 is 0 Å². The molecule has 1 saturated carbocycles. The third-order valence-electron chi connectivity index (χ3n) is 2.20. The van der Waals surface area contributed by atoms with Gasteiger partial charge in [-0.3, -0.25) is 5.43 Å². The number of halogens is 2. The summed E-state index contributed by atoms with van der Waals surface area (Å²) in [4.78, 5) is 4.27. The molecule has 0 heterocycles. The molecular weight excluding hydrogens is 275 g/mol. The number of nitrogens with one attached hydrogen (secondary N) is 2. The zero-order valence-corrected chi connectivity index (χ0v) is 10.1. The molecule has 0 bridgehead atoms. The maximum atomic E-state index is 13.5. The second-order valence-corrected chi connectivity index (χ2v) is 4.43. The normalized spacial score (nSPS) is 16.1. The monoisotopic (exact) mass is 286 g/mol. The molecule has 2 rings (SSSR count). The van der Waals surface area contributed by atoms with E-state index >= 15 is 0 Å². The fourth-order valence-electron chi connectivity index (χ4n) is 1.23. The number of benzene rings is 1. The van der Waals surface area contributed by atoms with Crippen molar-refractivity contribution >= 4 is 27.6 Å². The van der Waals surface area contributed by atoms with Crippen LogP contribution in [0, 0.1) is 5.82 Å². The summed E-state index contributed by atoms with van der Waals surface area (Å²) in [5, 5.41) is 2.83. The predicted molar refractivity (Wildman–Crippen MR) is 65.5 cm³/mol. The van der Waals surface area contributed by atoms with Crippen LogP contribution in [0.5, 0.6) is 0 Å². The van der Waals surface area contributed by atoms with E-state index in [2.05, 4.69) is 31.7 Å². The van der Waals surface area contributed by atoms with Gasteiger partial charge in [0.1, 0.15) is 5.82 Å². The highest BCUT2D eigenvalue weighted by molar-refractivity contribution is 9.10. The summed E-state index contributed by atoms with van der Waals surface area (Å²) in [5.74, 6) is 5.34. The van der Waals surface area contributed by atoms with Gasteiger partial charge in [0, 0.05) is 4.47 Å². The zero-order chi connectivity index (χ0) is 11.5. The molecule has 0 saturated heterocycles. The van der Waals surface area contributed by atoms with Crippen LogP contribution in [-0.4, -0.2) is 12.0 Å². The van der Waals surface area contributed by atoms with Gasteiger partial charge in [-0.2, -0.15) is 0 Å². The summed E-state index contributed by atoms with van der Waals surface area (Å²) in [6.45, 7) is 0. The number of hydrogen-bond donors (Lipinski definition) is 3. The molecule has 1 aliphatic rings. The molecule has 4 N–H and O–H groups in total. The Hall–Kier alpha value is -1.14. The van der Waals surface area contributed by atoms with Gasteiger partial charge in [0.15, 0.2) is 0 Å². The highest BCUT2D eigenvalue weighted by atomic mass is 79.9. The molecule has 1 aliphatic carbocycles. The summed E-state index contributed by atoms with van der Waals surface area (Å²) in [7, 11) is 0. The van der Waals surface area contributed by atoms with E-state index in [-0.39, 0.29) is 5.82 Å². The molecule has 4 nitrogen and oxygen atoms in total. The van der Waals surface area contributed by atoms with Crippen LogP contribution in [0.3, 0.4) is 0 Å². The van der Waals surface area contributed by atoms with Gasteiger partial charge in [0.2, 0.25) is 5.96 Å². The van der Waals surface area contributed by atoms with E-state index in [4.69, 9.17) is 5.84 Å². The largest absolute Gasteiger partial charge is 0.322 e. The molecule has 0 aliphatic heterocycles. The Balaban J connectivity index is 2.18. The first-order chi connectivity index (χ1) is 7.70. The molecule has 0 unspecified atom stereocenters. The Kier molecular flexibility index (Phi) is 3.40. The standard InChI is InChI=1S/C10H12BrFN4/c11-7-2-1-3-8(12)9(7)15-10(16-13)14-6-4-5-6/h1-3,6H,4-5,13H2,(H2,14,15,16). The first-order valence-electron chi connectivity index (χ1n) is 4.96. The van der Waals surface area contributed by atoms with Gasteiger partial charge in [-0.25, -0.2) is 15.2 Å². The number of anilines is 1. The number of nitrogens with zero attached hydrogens (tertiary/aromatic N) is 1. The topological polar surface area (TPSA) is 62.4 Å². The van der Waals surface area contributed by atoms with Crippen molar-refractivity contribution in [2.24, 2.45) is 10.8 Å². The molecule has 0 aromatic heterocycles. The Morgan fingerprint density at radius 1 is 1.50 bits per heavy atom. The van der Waals surface area contributed by atoms with Gasteiger partial charge in [0.05, 0.1) is 11.7 Å². The number of guanidine groups is 1. The van der Waals surface area contributed by atoms with Crippen LogP contribution in [0.25, 0.3) is 0 Å². The molecule has 1 aromatic carbocycles. The van der Waals surface area contributed by atoms with E-state index in [1.807, 2.05) is 0 Å². The van der Waals surface area contributed by atoms with Crippen LogP contribution in [0.1, 0.15) is 12.8 Å². The van der Waals surface area contributed by atoms with E-state index in [0.717, 1.165) is 12.8 Å². The maximum Gasteiger partial charge on any atom is 0.210 e. The lowest BCUT2D eigenvalue weighted by molar-refractivity contribution is 0.631. The Bertz CT molecular complexity index is 397. The van der Waals surface area contributed by atoms with Crippen molar-refractivity contribution in [2.45, 2.75) is 18.9 Å². The van der Waals surface area contributed by atoms with Gasteiger partial charge >= 0.3 is 0 Å². The van der Waals surface area contributed by atoms with Crippen LogP contribution in [-0.2, 0) is 0 Å². The number of hydrazine groups is 1. The van der Waals surface area contributed by atoms with Crippen LogP contribution in [0.15, 0.2) is 27.7 Å². The molecule has 1 aromatic rings. The van der Waals surface area contributed by atoms with Gasteiger partial charge in [0.25, 0.3) is 0 Å². The predicted octanol–water partition coefficient (Wildman–Crippen LogP) is 1.98. The Labute approximate surface area is 101 Å². The summed E-state index contributed by atoms with van der Waals surface area (Å²) >= 11 is 3.26. The van der Waals surface area contributed by atoms with Crippen molar-refractivity contribution in [1.82, 2.24) is 5.43 Å². The van der Waals surface area contributed by atoms with E-state index in [9.17, 15) is 4.39 Å². The minimum Gasteiger partial charge on any atom is -0.322 e. The fraction of sp³-hybridized carbons (Fsp3) is 0.300. The number of para-hydroxylation sites is 1. The van der Waals surface area contributed by atoms with Gasteiger partial charge in [-0.15, -0.1) is 0 Å². The van der Waals surface area contributed by atoms with Crippen LogP contribution < -0.4 is 16.6 Å². The SMILES string of the molecule is NNC(=NC1CC1)Nc1c(F)cccc1Br. The number of hydrogen-bond acceptors (Lipinski definition) is 2. The lowest BCUT2D eigenvalue weighted by Gasteiger charge is -2.11. The van der Waals surface area contributed by atoms with Crippen LogP contribution in [0.2, 0.25) is 0 Å². The molecule has 6 heteroatoms. The number of nitrogens with two attached hydrogens (primary N) is 1. The summed E-state index contributed by atoms with van der Waals surface area (Å²) < 4.78 is 14.1. The highest BCUT2D eigenvalue weighted by Gasteiger charge is 2.21. The minimum absolute atomic E-state index is 0.309. The summed E-state index contributed by atoms with van der Waals surface area (Å²) in [5.41, 5.74) is 2.76. The molecule has 86 valence electrons. The van der Waals surface area contributed by atoms with E-state index in [1.54, 1.807) is 12.1 Å². The van der Waals surface area contributed by atoms with Crippen LogP contribution >= 0.6 is 15.9 Å². The Morgan fingerprint density at radius 2 is 2.25 bits per heavy atom. The third kappa shape index (κ3) is 2.70. The molecular formula is C10H12BrFN4. The van der Waals surface area contributed by atoms with Crippen molar-refractivity contribution in [3.63, 3.8) is 0 Å². The summed E-state index contributed by atoms with van der Waals surface area (Å²) in [6, 6.07) is 5.05. The molecule has 0 amide bonds. The minimum atomic E-state index is -0.354. The lowest BCUT2D eigenvalue weighted by Crippen LogP contribution is -2.36. The molecule has 0 radical (unpaired) electrons. The first kappa shape index (κ1) is 11.3. The van der Waals surface area contributed by atoms with Crippen LogP contribution in [0.4, 0.5) is 10.1 Å². The van der Waals surface area contributed by atoms with Gasteiger partial charge < -0.3 is 5.32 Å². The van der Waals surface area contributed by atoms with Crippen molar-refractivity contribution < 1.29 is 4.39 Å². The van der Waals surface area contributed by atoms with E-state index in [1.165, 1.54) is 6.07 Å². The molecule has 0 spiro atoms. The van der Waals surface area contributed by atoms with Crippen molar-refractivity contribution in [1.29, 1.82) is 0 Å². The molecule has 0 atom stereocenters. The second-order valence-electron chi connectivity index (χ2n) is 3.57. The second kappa shape index (κ2) is 4.80. The first-order valence-corrected chi connectivity index (χ1v) is 5.75. The average molecular weight is 287 g/mol. The Morgan fingerprint density at radius 3 is 2.81 bits per heavy atom. The van der Waals surface area contributed by atoms with Crippen molar-refractivity contribution in [2.75, 3.05) is 5.32 Å². The fourth-order valence-corrected chi connectivity index (χ4v) is 1.67. The quantitative estimate of drug-likeness (QED) is 0.337. The highest BCUT2D eigenvalue weighted by Crippen LogP contribution is 2.26. The molecule has 16 heavy (non-hydrogen) atoms. The molecule has 1 fully saturated rings. The van der Waals surface area contributed by atoms with Gasteiger partial charge in [-0.05, 0) is 40.9 Å². The van der Waals surface area contributed by atoms with Crippen molar-refractivity contribution in [3.05, 3.63) is 28.5 Å². The lowest BCUT2D eigenvalue weighted by atomic mass is 10.3. The van der Waals surface area contributed by atoms with Crippen molar-refractivity contribution in [3.8, 4) is 0 Å².